The van der Waals surface area contributed by atoms with Gasteiger partial charge in [-0.1, -0.05) is 12.1 Å². The molecule has 0 aliphatic carbocycles. The smallest absolute Gasteiger partial charge is 0.0434 e. The normalized spacial score (nSPS) is 12.4. The first kappa shape index (κ1) is 14.1. The van der Waals surface area contributed by atoms with E-state index in [9.17, 15) is 0 Å². The maximum absolute atomic E-state index is 5.85. The molecule has 0 aliphatic heterocycles. The van der Waals surface area contributed by atoms with Gasteiger partial charge in [0.25, 0.3) is 0 Å². The van der Waals surface area contributed by atoms with Crippen LogP contribution in [0, 0.1) is 6.92 Å². The van der Waals surface area contributed by atoms with E-state index in [4.69, 9.17) is 5.73 Å². The highest BCUT2D eigenvalue weighted by Crippen LogP contribution is 2.23. The number of hydrogen-bond acceptors (Lipinski definition) is 3. The lowest BCUT2D eigenvalue weighted by atomic mass is 10.0. The molecule has 0 saturated carbocycles. The SMILES string of the molecule is Cc1cc(CC(C)N)ccc1N(C)Cc1ccsc1. The van der Waals surface area contributed by atoms with Crippen LogP contribution in [0.3, 0.4) is 0 Å². The summed E-state index contributed by atoms with van der Waals surface area (Å²) in [5, 5.41) is 4.33. The second-order valence-electron chi connectivity index (χ2n) is 5.29. The lowest BCUT2D eigenvalue weighted by Gasteiger charge is -2.22. The van der Waals surface area contributed by atoms with Crippen LogP contribution >= 0.6 is 11.3 Å². The maximum Gasteiger partial charge on any atom is 0.0434 e. The molecule has 2 rings (SSSR count). The molecule has 0 amide bonds. The number of nitrogens with two attached hydrogens (primary N) is 1. The van der Waals surface area contributed by atoms with Crippen LogP contribution in [0.4, 0.5) is 5.69 Å². The Balaban J connectivity index is 2.11. The third kappa shape index (κ3) is 3.82. The number of aryl methyl sites for hydroxylation is 1. The van der Waals surface area contributed by atoms with E-state index in [1.54, 1.807) is 11.3 Å². The van der Waals surface area contributed by atoms with Gasteiger partial charge in [0.15, 0.2) is 0 Å². The average Bonchev–Trinajstić information content (AvgIpc) is 2.80. The van der Waals surface area contributed by atoms with Crippen molar-refractivity contribution in [3.05, 3.63) is 51.7 Å². The largest absolute Gasteiger partial charge is 0.370 e. The van der Waals surface area contributed by atoms with Gasteiger partial charge in [-0.2, -0.15) is 11.3 Å². The number of thiophene rings is 1. The molecule has 19 heavy (non-hydrogen) atoms. The van der Waals surface area contributed by atoms with Gasteiger partial charge in [0.2, 0.25) is 0 Å². The molecule has 0 radical (unpaired) electrons. The monoisotopic (exact) mass is 274 g/mol. The van der Waals surface area contributed by atoms with Gasteiger partial charge < -0.3 is 10.6 Å². The van der Waals surface area contributed by atoms with E-state index < -0.39 is 0 Å². The van der Waals surface area contributed by atoms with Crippen LogP contribution in [0.15, 0.2) is 35.0 Å². The molecule has 1 unspecified atom stereocenters. The molecule has 1 aromatic heterocycles. The van der Waals surface area contributed by atoms with Crippen molar-refractivity contribution in [2.45, 2.75) is 32.9 Å². The third-order valence-electron chi connectivity index (χ3n) is 3.23. The van der Waals surface area contributed by atoms with Crippen molar-refractivity contribution in [1.29, 1.82) is 0 Å². The van der Waals surface area contributed by atoms with Gasteiger partial charge in [0, 0.05) is 25.3 Å². The Morgan fingerprint density at radius 2 is 2.05 bits per heavy atom. The van der Waals surface area contributed by atoms with Gasteiger partial charge in [-0.15, -0.1) is 0 Å². The Kier molecular flexibility index (Phi) is 4.61. The van der Waals surface area contributed by atoms with Crippen LogP contribution in [-0.4, -0.2) is 13.1 Å². The predicted octanol–water partition coefficient (Wildman–Crippen LogP) is 3.58. The maximum atomic E-state index is 5.85. The Bertz CT molecular complexity index is 518. The van der Waals surface area contributed by atoms with Gasteiger partial charge in [-0.05, 0) is 59.9 Å². The fourth-order valence-corrected chi connectivity index (χ4v) is 3.05. The first-order chi connectivity index (χ1) is 9.06. The highest BCUT2D eigenvalue weighted by molar-refractivity contribution is 7.07. The van der Waals surface area contributed by atoms with Gasteiger partial charge in [0.1, 0.15) is 0 Å². The molecule has 0 bridgehead atoms. The fourth-order valence-electron chi connectivity index (χ4n) is 2.39. The van der Waals surface area contributed by atoms with Crippen LogP contribution < -0.4 is 10.6 Å². The molecule has 0 spiro atoms. The number of rotatable bonds is 5. The zero-order chi connectivity index (χ0) is 13.8. The summed E-state index contributed by atoms with van der Waals surface area (Å²) in [4.78, 5) is 2.30. The zero-order valence-corrected chi connectivity index (χ0v) is 12.7. The second kappa shape index (κ2) is 6.22. The van der Waals surface area contributed by atoms with E-state index in [1.807, 2.05) is 6.92 Å². The van der Waals surface area contributed by atoms with Crippen molar-refractivity contribution < 1.29 is 0 Å². The van der Waals surface area contributed by atoms with E-state index in [0.29, 0.717) is 0 Å². The van der Waals surface area contributed by atoms with Crippen LogP contribution in [0.1, 0.15) is 23.6 Å². The molecule has 1 heterocycles. The Hall–Kier alpha value is -1.32. The van der Waals surface area contributed by atoms with Crippen molar-refractivity contribution in [1.82, 2.24) is 0 Å². The summed E-state index contributed by atoms with van der Waals surface area (Å²) in [6, 6.07) is 9.05. The molecule has 2 aromatic rings. The molecule has 2 nitrogen and oxygen atoms in total. The molecule has 0 aliphatic rings. The standard InChI is InChI=1S/C16H22N2S/c1-12-8-14(9-13(2)17)4-5-16(12)18(3)10-15-6-7-19-11-15/h4-8,11,13H,9-10,17H2,1-3H3. The topological polar surface area (TPSA) is 29.3 Å². The van der Waals surface area contributed by atoms with E-state index in [1.165, 1.54) is 22.4 Å². The zero-order valence-electron chi connectivity index (χ0n) is 11.9. The van der Waals surface area contributed by atoms with Crippen LogP contribution in [0.2, 0.25) is 0 Å². The minimum Gasteiger partial charge on any atom is -0.370 e. The van der Waals surface area contributed by atoms with Crippen molar-refractivity contribution in [2.75, 3.05) is 11.9 Å². The van der Waals surface area contributed by atoms with Crippen LogP contribution in [-0.2, 0) is 13.0 Å². The van der Waals surface area contributed by atoms with Gasteiger partial charge in [-0.3, -0.25) is 0 Å². The molecular formula is C16H22N2S. The Morgan fingerprint density at radius 1 is 1.26 bits per heavy atom. The van der Waals surface area contributed by atoms with Crippen LogP contribution in [0.25, 0.3) is 0 Å². The summed E-state index contributed by atoms with van der Waals surface area (Å²) in [7, 11) is 2.14. The Labute approximate surface area is 119 Å². The van der Waals surface area contributed by atoms with E-state index in [-0.39, 0.29) is 6.04 Å². The van der Waals surface area contributed by atoms with Gasteiger partial charge in [0.05, 0.1) is 0 Å². The first-order valence-electron chi connectivity index (χ1n) is 6.63. The minimum absolute atomic E-state index is 0.216. The molecule has 1 aromatic carbocycles. The highest BCUT2D eigenvalue weighted by atomic mass is 32.1. The van der Waals surface area contributed by atoms with E-state index in [2.05, 4.69) is 53.9 Å². The van der Waals surface area contributed by atoms with Crippen molar-refractivity contribution in [3.63, 3.8) is 0 Å². The summed E-state index contributed by atoms with van der Waals surface area (Å²) < 4.78 is 0. The average molecular weight is 274 g/mol. The van der Waals surface area contributed by atoms with Crippen molar-refractivity contribution in [3.8, 4) is 0 Å². The molecule has 1 atom stereocenters. The third-order valence-corrected chi connectivity index (χ3v) is 3.96. The summed E-state index contributed by atoms with van der Waals surface area (Å²) in [5.74, 6) is 0. The molecule has 0 saturated heterocycles. The first-order valence-corrected chi connectivity index (χ1v) is 7.58. The molecule has 2 N–H and O–H groups in total. The minimum atomic E-state index is 0.216. The molecule has 3 heteroatoms. The summed E-state index contributed by atoms with van der Waals surface area (Å²) in [6.07, 6.45) is 0.940. The summed E-state index contributed by atoms with van der Waals surface area (Å²) in [5.41, 5.74) is 11.1. The van der Waals surface area contributed by atoms with Gasteiger partial charge >= 0.3 is 0 Å². The molecule has 102 valence electrons. The highest BCUT2D eigenvalue weighted by Gasteiger charge is 2.07. The Morgan fingerprint density at radius 3 is 2.63 bits per heavy atom. The number of anilines is 1. The summed E-state index contributed by atoms with van der Waals surface area (Å²) in [6.45, 7) is 5.17. The second-order valence-corrected chi connectivity index (χ2v) is 6.07. The number of benzene rings is 1. The fraction of sp³-hybridized carbons (Fsp3) is 0.375. The number of nitrogens with zero attached hydrogens (tertiary/aromatic N) is 1. The van der Waals surface area contributed by atoms with Gasteiger partial charge in [-0.25, -0.2) is 0 Å². The van der Waals surface area contributed by atoms with Crippen LogP contribution in [0.5, 0.6) is 0 Å². The van der Waals surface area contributed by atoms with E-state index >= 15 is 0 Å². The quantitative estimate of drug-likeness (QED) is 0.903. The van der Waals surface area contributed by atoms with Crippen molar-refractivity contribution in [2.24, 2.45) is 5.73 Å². The van der Waals surface area contributed by atoms with E-state index in [0.717, 1.165) is 13.0 Å². The lowest BCUT2D eigenvalue weighted by Crippen LogP contribution is -2.19. The molecule has 0 fully saturated rings. The van der Waals surface area contributed by atoms with Crippen molar-refractivity contribution >= 4 is 17.0 Å². The predicted molar refractivity (Wildman–Crippen MR) is 85.0 cm³/mol. The lowest BCUT2D eigenvalue weighted by molar-refractivity contribution is 0.737. The number of hydrogen-bond donors (Lipinski definition) is 1. The summed E-state index contributed by atoms with van der Waals surface area (Å²) >= 11 is 1.75. The molecular weight excluding hydrogens is 252 g/mol.